The average molecular weight is 387 g/mol. The number of allylic oxidation sites excluding steroid dienone is 4. The van der Waals surface area contributed by atoms with Crippen LogP contribution in [0.5, 0.6) is 0 Å². The van der Waals surface area contributed by atoms with Crippen LogP contribution in [0.15, 0.2) is 53.5 Å². The van der Waals surface area contributed by atoms with E-state index in [0.29, 0.717) is 12.1 Å². The van der Waals surface area contributed by atoms with E-state index in [9.17, 15) is 3.89 Å². The molecule has 0 atom stereocenters. The molecule has 3 aromatic rings. The van der Waals surface area contributed by atoms with Gasteiger partial charge in [-0.1, -0.05) is 57.6 Å². The fourth-order valence-corrected chi connectivity index (χ4v) is 4.68. The minimum atomic E-state index is 0.360. The second-order valence-corrected chi connectivity index (χ2v) is 7.33. The van der Waals surface area contributed by atoms with Crippen molar-refractivity contribution in [3.63, 3.8) is 0 Å². The van der Waals surface area contributed by atoms with Crippen LogP contribution in [0.1, 0.15) is 51.7 Å². The average Bonchev–Trinajstić information content (AvgIpc) is 3.08. The molecule has 138 valence electrons. The largest absolute Gasteiger partial charge is 0.160 e. The molecular formula is C23H27FS2. The van der Waals surface area contributed by atoms with Crippen LogP contribution in [0.3, 0.4) is 0 Å². The summed E-state index contributed by atoms with van der Waals surface area (Å²) in [6.07, 6.45) is 8.40. The Bertz CT molecular complexity index is 932. The lowest BCUT2D eigenvalue weighted by Gasteiger charge is -2.14. The fraction of sp³-hybridized carbons (Fsp3) is 0.304. The Balaban J connectivity index is 0.000000570. The first-order chi connectivity index (χ1) is 12.8. The lowest BCUT2D eigenvalue weighted by Crippen LogP contribution is -1.92. The van der Waals surface area contributed by atoms with Gasteiger partial charge in [0.15, 0.2) is 0 Å². The standard InChI is InChI=1S/C19H15FS2.2C2H6/c1-12-7-8-15-14(11-12)19-16(21-15)9-10-17(22-20)18(19)13-5-3-2-4-6-13;2*1-2/h2-3,5,7-11H,4,6H2,1H3;2*1-2H3. The van der Waals surface area contributed by atoms with Crippen molar-refractivity contribution in [3.8, 4) is 0 Å². The van der Waals surface area contributed by atoms with Crippen molar-refractivity contribution in [1.29, 1.82) is 0 Å². The number of aryl methyl sites for hydroxylation is 1. The molecular weight excluding hydrogens is 359 g/mol. The molecule has 0 radical (unpaired) electrons. The molecule has 1 aliphatic carbocycles. The molecule has 1 aromatic heterocycles. The lowest BCUT2D eigenvalue weighted by molar-refractivity contribution is 0.932. The predicted octanol–water partition coefficient (Wildman–Crippen LogP) is 9.13. The van der Waals surface area contributed by atoms with Gasteiger partial charge in [0.2, 0.25) is 0 Å². The maximum absolute atomic E-state index is 13.5. The van der Waals surface area contributed by atoms with Crippen LogP contribution in [-0.4, -0.2) is 0 Å². The summed E-state index contributed by atoms with van der Waals surface area (Å²) >= 11 is 2.15. The molecule has 1 aliphatic rings. The minimum absolute atomic E-state index is 0.360. The van der Waals surface area contributed by atoms with Crippen LogP contribution in [0.25, 0.3) is 25.7 Å². The Hall–Kier alpha value is -1.58. The van der Waals surface area contributed by atoms with Crippen molar-refractivity contribution >= 4 is 49.2 Å². The normalized spacial score (nSPS) is 12.9. The van der Waals surface area contributed by atoms with Crippen LogP contribution in [0.4, 0.5) is 3.89 Å². The summed E-state index contributed by atoms with van der Waals surface area (Å²) in [5, 5.41) is 2.47. The Labute approximate surface area is 165 Å². The summed E-state index contributed by atoms with van der Waals surface area (Å²) in [4.78, 5) is 0.732. The zero-order chi connectivity index (χ0) is 19.1. The summed E-state index contributed by atoms with van der Waals surface area (Å²) in [6, 6.07) is 10.5. The summed E-state index contributed by atoms with van der Waals surface area (Å²) in [7, 11) is 0. The van der Waals surface area contributed by atoms with Gasteiger partial charge in [0.25, 0.3) is 0 Å². The summed E-state index contributed by atoms with van der Waals surface area (Å²) < 4.78 is 16.0. The molecule has 4 rings (SSSR count). The van der Waals surface area contributed by atoms with Crippen LogP contribution >= 0.6 is 23.5 Å². The summed E-state index contributed by atoms with van der Waals surface area (Å²) in [5.41, 5.74) is 3.58. The van der Waals surface area contributed by atoms with Gasteiger partial charge in [0, 0.05) is 30.6 Å². The number of rotatable bonds is 2. The van der Waals surface area contributed by atoms with E-state index >= 15 is 0 Å². The van der Waals surface area contributed by atoms with Gasteiger partial charge >= 0.3 is 0 Å². The van der Waals surface area contributed by atoms with Crippen LogP contribution in [0.2, 0.25) is 0 Å². The Morgan fingerprint density at radius 2 is 1.73 bits per heavy atom. The molecule has 26 heavy (non-hydrogen) atoms. The zero-order valence-electron chi connectivity index (χ0n) is 16.2. The van der Waals surface area contributed by atoms with Crippen molar-refractivity contribution in [2.24, 2.45) is 0 Å². The van der Waals surface area contributed by atoms with E-state index < -0.39 is 0 Å². The van der Waals surface area contributed by atoms with Crippen molar-refractivity contribution in [2.45, 2.75) is 52.4 Å². The molecule has 3 heteroatoms. The number of benzene rings is 2. The lowest BCUT2D eigenvalue weighted by atomic mass is 9.93. The fourth-order valence-electron chi connectivity index (χ4n) is 3.16. The molecule has 0 N–H and O–H groups in total. The predicted molar refractivity (Wildman–Crippen MR) is 120 cm³/mol. The quantitative estimate of drug-likeness (QED) is 0.423. The van der Waals surface area contributed by atoms with Crippen molar-refractivity contribution in [3.05, 3.63) is 59.7 Å². The van der Waals surface area contributed by atoms with Gasteiger partial charge in [-0.2, -0.15) is 3.89 Å². The Kier molecular flexibility index (Phi) is 7.92. The van der Waals surface area contributed by atoms with Crippen LogP contribution in [0, 0.1) is 6.92 Å². The number of hydrogen-bond acceptors (Lipinski definition) is 2. The molecule has 1 heterocycles. The Morgan fingerprint density at radius 1 is 1.00 bits per heavy atom. The van der Waals surface area contributed by atoms with Crippen molar-refractivity contribution < 1.29 is 3.89 Å². The molecule has 0 spiro atoms. The number of hydrogen-bond donors (Lipinski definition) is 0. The van der Waals surface area contributed by atoms with Gasteiger partial charge in [-0.15, -0.1) is 11.3 Å². The molecule has 0 fully saturated rings. The van der Waals surface area contributed by atoms with E-state index in [4.69, 9.17) is 0 Å². The van der Waals surface area contributed by atoms with Crippen molar-refractivity contribution in [2.75, 3.05) is 0 Å². The van der Waals surface area contributed by atoms with E-state index in [-0.39, 0.29) is 0 Å². The highest BCUT2D eigenvalue weighted by molar-refractivity contribution is 7.94. The van der Waals surface area contributed by atoms with Gasteiger partial charge < -0.3 is 0 Å². The molecule has 0 aliphatic heterocycles. The smallest absolute Gasteiger partial charge is 0.0818 e. The number of halogens is 1. The second-order valence-electron chi connectivity index (χ2n) is 5.65. The third-order valence-corrected chi connectivity index (χ3v) is 5.81. The van der Waals surface area contributed by atoms with Crippen LogP contribution < -0.4 is 0 Å². The number of fused-ring (bicyclic) bond motifs is 3. The van der Waals surface area contributed by atoms with Crippen molar-refractivity contribution in [1.82, 2.24) is 0 Å². The molecule has 0 saturated carbocycles. The molecule has 0 amide bonds. The first-order valence-corrected chi connectivity index (χ1v) is 10.9. The maximum atomic E-state index is 13.5. The highest BCUT2D eigenvalue weighted by atomic mass is 32.2. The SMILES string of the molecule is CC.CC.Cc1ccc2sc3ccc(SF)c(C4=CC=CCC4)c3c2c1. The number of thiophene rings is 1. The summed E-state index contributed by atoms with van der Waals surface area (Å²) in [5.74, 6) is 0. The highest BCUT2D eigenvalue weighted by Gasteiger charge is 2.17. The zero-order valence-corrected chi connectivity index (χ0v) is 17.9. The molecule has 0 bridgehead atoms. The maximum Gasteiger partial charge on any atom is 0.0818 e. The third kappa shape index (κ3) is 4.05. The molecule has 0 saturated heterocycles. The first kappa shape index (κ1) is 20.7. The molecule has 2 aromatic carbocycles. The highest BCUT2D eigenvalue weighted by Crippen LogP contribution is 2.44. The van der Waals surface area contributed by atoms with E-state index in [2.05, 4.69) is 49.4 Å². The molecule has 0 unspecified atom stereocenters. The van der Waals surface area contributed by atoms with E-state index in [0.717, 1.165) is 23.3 Å². The second kappa shape index (κ2) is 9.94. The third-order valence-electron chi connectivity index (χ3n) is 4.17. The molecule has 0 nitrogen and oxygen atoms in total. The Morgan fingerprint density at radius 3 is 2.38 bits per heavy atom. The van der Waals surface area contributed by atoms with Gasteiger partial charge in [-0.05, 0) is 49.6 Å². The minimum Gasteiger partial charge on any atom is -0.160 e. The van der Waals surface area contributed by atoms with Gasteiger partial charge in [-0.3, -0.25) is 0 Å². The monoisotopic (exact) mass is 386 g/mol. The first-order valence-electron chi connectivity index (χ1n) is 9.38. The topological polar surface area (TPSA) is 0 Å². The van der Waals surface area contributed by atoms with E-state index in [1.54, 1.807) is 11.3 Å². The van der Waals surface area contributed by atoms with Gasteiger partial charge in [0.1, 0.15) is 0 Å². The van der Waals surface area contributed by atoms with Crippen LogP contribution in [-0.2, 0) is 0 Å². The van der Waals surface area contributed by atoms with Gasteiger partial charge in [0.05, 0.1) is 12.1 Å². The van der Waals surface area contributed by atoms with E-state index in [1.807, 2.05) is 33.8 Å². The summed E-state index contributed by atoms with van der Waals surface area (Å²) in [6.45, 7) is 10.1. The van der Waals surface area contributed by atoms with E-state index in [1.165, 1.54) is 31.3 Å². The van der Waals surface area contributed by atoms with Gasteiger partial charge in [-0.25, -0.2) is 0 Å².